The number of halogens is 3. The Labute approximate surface area is 176 Å². The Morgan fingerprint density at radius 2 is 1.80 bits per heavy atom. The minimum Gasteiger partial charge on any atom is -0.336 e. The highest BCUT2D eigenvalue weighted by molar-refractivity contribution is 7.91. The molecular weight excluding hydrogens is 443 g/mol. The minimum atomic E-state index is -3.61. The third-order valence-electron chi connectivity index (χ3n) is 4.14. The maximum absolute atomic E-state index is 13.6. The molecule has 0 saturated carbocycles. The van der Waals surface area contributed by atoms with Crippen molar-refractivity contribution in [2.45, 2.75) is 17.1 Å². The average Bonchev–Trinajstić information content (AvgIpc) is 3.23. The number of thiophene rings is 1. The zero-order valence-electron chi connectivity index (χ0n) is 16.2. The second kappa shape index (κ2) is 10.0. The van der Waals surface area contributed by atoms with Crippen LogP contribution >= 0.6 is 11.3 Å². The van der Waals surface area contributed by atoms with E-state index in [9.17, 15) is 31.2 Å². The predicted molar refractivity (Wildman–Crippen MR) is 106 cm³/mol. The summed E-state index contributed by atoms with van der Waals surface area (Å²) >= 11 is 1.09. The summed E-state index contributed by atoms with van der Waals surface area (Å²) in [5.41, 5.74) is -0.542. The summed E-state index contributed by atoms with van der Waals surface area (Å²) in [6, 6.07) is 4.66. The predicted octanol–water partition coefficient (Wildman–Crippen LogP) is 2.66. The number of nitrogens with one attached hydrogen (secondary N) is 1. The summed E-state index contributed by atoms with van der Waals surface area (Å²) in [5.74, 6) is -5.86. The van der Waals surface area contributed by atoms with E-state index in [4.69, 9.17) is 0 Å². The Morgan fingerprint density at radius 1 is 1.10 bits per heavy atom. The molecule has 2 amide bonds. The Kier molecular flexibility index (Phi) is 7.98. The maximum atomic E-state index is 13.6. The van der Waals surface area contributed by atoms with Crippen LogP contribution in [0.5, 0.6) is 0 Å². The Morgan fingerprint density at radius 3 is 2.43 bits per heavy atom. The number of rotatable bonds is 9. The second-order valence-electron chi connectivity index (χ2n) is 6.38. The first-order valence-corrected chi connectivity index (χ1v) is 11.0. The van der Waals surface area contributed by atoms with Gasteiger partial charge < -0.3 is 10.2 Å². The highest BCUT2D eigenvalue weighted by Crippen LogP contribution is 2.21. The van der Waals surface area contributed by atoms with Gasteiger partial charge in [-0.25, -0.2) is 25.9 Å². The van der Waals surface area contributed by atoms with Crippen LogP contribution < -0.4 is 5.32 Å². The molecule has 1 aromatic heterocycles. The van der Waals surface area contributed by atoms with Crippen molar-refractivity contribution in [2.24, 2.45) is 0 Å². The van der Waals surface area contributed by atoms with E-state index in [1.54, 1.807) is 11.4 Å². The molecular formula is C18H20F3N3O4S2. The summed E-state index contributed by atoms with van der Waals surface area (Å²) in [6.45, 7) is -0.341. The van der Waals surface area contributed by atoms with Crippen LogP contribution in [0.3, 0.4) is 0 Å². The molecule has 0 spiro atoms. The number of anilines is 1. The monoisotopic (exact) mass is 463 g/mol. The van der Waals surface area contributed by atoms with Crippen LogP contribution in [-0.2, 0) is 19.6 Å². The van der Waals surface area contributed by atoms with Crippen LogP contribution in [0.15, 0.2) is 33.9 Å². The number of hydrogen-bond acceptors (Lipinski definition) is 5. The quantitative estimate of drug-likeness (QED) is 0.580. The molecule has 0 bridgehead atoms. The summed E-state index contributed by atoms with van der Waals surface area (Å²) in [6.07, 6.45) is 0.206. The van der Waals surface area contributed by atoms with Crippen molar-refractivity contribution in [3.05, 3.63) is 47.1 Å². The van der Waals surface area contributed by atoms with Crippen molar-refractivity contribution < 1.29 is 31.2 Å². The number of carbonyl (C=O) groups excluding carboxylic acids is 2. The fourth-order valence-electron chi connectivity index (χ4n) is 2.44. The van der Waals surface area contributed by atoms with Crippen molar-refractivity contribution in [1.29, 1.82) is 0 Å². The molecule has 0 aliphatic rings. The Bertz CT molecular complexity index is 1010. The van der Waals surface area contributed by atoms with Gasteiger partial charge in [0, 0.05) is 27.1 Å². The van der Waals surface area contributed by atoms with E-state index in [2.05, 4.69) is 5.32 Å². The lowest BCUT2D eigenvalue weighted by Crippen LogP contribution is -2.35. The van der Waals surface area contributed by atoms with Gasteiger partial charge in [-0.1, -0.05) is 6.07 Å². The molecule has 30 heavy (non-hydrogen) atoms. The second-order valence-corrected chi connectivity index (χ2v) is 9.60. The van der Waals surface area contributed by atoms with Crippen LogP contribution in [0.2, 0.25) is 0 Å². The molecule has 1 N–H and O–H groups in total. The molecule has 2 aromatic rings. The summed E-state index contributed by atoms with van der Waals surface area (Å²) in [7, 11) is -0.855. The summed E-state index contributed by atoms with van der Waals surface area (Å²) in [4.78, 5) is 25.2. The molecule has 1 aromatic carbocycles. The number of amides is 2. The fraction of sp³-hybridized carbons (Fsp3) is 0.333. The van der Waals surface area contributed by atoms with E-state index in [0.29, 0.717) is 6.07 Å². The van der Waals surface area contributed by atoms with Gasteiger partial charge >= 0.3 is 0 Å². The van der Waals surface area contributed by atoms with E-state index in [1.165, 1.54) is 20.2 Å². The van der Waals surface area contributed by atoms with Crippen LogP contribution in [0.4, 0.5) is 18.9 Å². The van der Waals surface area contributed by atoms with Crippen LogP contribution in [-0.4, -0.2) is 56.6 Å². The van der Waals surface area contributed by atoms with Crippen molar-refractivity contribution >= 4 is 38.9 Å². The van der Waals surface area contributed by atoms with Crippen LogP contribution in [0, 0.1) is 17.5 Å². The lowest BCUT2D eigenvalue weighted by atomic mass is 10.2. The SMILES string of the molecule is CN(CC(=O)Nc1ccc(F)c(F)c1F)C(=O)CCCN(C)S(=O)(=O)c1cccs1. The van der Waals surface area contributed by atoms with Gasteiger partial charge in [0.05, 0.1) is 12.2 Å². The molecule has 7 nitrogen and oxygen atoms in total. The number of hydrogen-bond donors (Lipinski definition) is 1. The Balaban J connectivity index is 1.82. The van der Waals surface area contributed by atoms with E-state index in [0.717, 1.165) is 26.6 Å². The van der Waals surface area contributed by atoms with Gasteiger partial charge in [-0.05, 0) is 30.0 Å². The molecule has 0 aliphatic carbocycles. The van der Waals surface area contributed by atoms with Gasteiger partial charge in [0.15, 0.2) is 17.5 Å². The molecule has 1 heterocycles. The third-order valence-corrected chi connectivity index (χ3v) is 7.37. The fourth-order valence-corrected chi connectivity index (χ4v) is 4.85. The first-order chi connectivity index (χ1) is 14.0. The highest BCUT2D eigenvalue weighted by atomic mass is 32.2. The molecule has 12 heteroatoms. The topological polar surface area (TPSA) is 86.8 Å². The van der Waals surface area contributed by atoms with Gasteiger partial charge in [0.2, 0.25) is 11.8 Å². The Hall–Kier alpha value is -2.44. The van der Waals surface area contributed by atoms with Crippen molar-refractivity contribution in [3.8, 4) is 0 Å². The minimum absolute atomic E-state index is 0.0202. The molecule has 2 rings (SSSR count). The normalized spacial score (nSPS) is 11.5. The third kappa shape index (κ3) is 5.80. The number of carbonyl (C=O) groups is 2. The molecule has 0 saturated heterocycles. The lowest BCUT2D eigenvalue weighted by Gasteiger charge is -2.19. The summed E-state index contributed by atoms with van der Waals surface area (Å²) < 4.78 is 65.7. The molecule has 0 fully saturated rings. The first-order valence-electron chi connectivity index (χ1n) is 8.71. The van der Waals surface area contributed by atoms with Crippen molar-refractivity contribution in [3.63, 3.8) is 0 Å². The lowest BCUT2D eigenvalue weighted by molar-refractivity contribution is -0.133. The molecule has 0 unspecified atom stereocenters. The van der Waals surface area contributed by atoms with E-state index >= 15 is 0 Å². The number of likely N-dealkylation sites (N-methyl/N-ethyl adjacent to an activating group) is 1. The first kappa shape index (κ1) is 23.8. The highest BCUT2D eigenvalue weighted by Gasteiger charge is 2.22. The van der Waals surface area contributed by atoms with Crippen molar-refractivity contribution in [2.75, 3.05) is 32.5 Å². The van der Waals surface area contributed by atoms with Gasteiger partial charge in [-0.15, -0.1) is 11.3 Å². The van der Waals surface area contributed by atoms with Crippen LogP contribution in [0.1, 0.15) is 12.8 Å². The zero-order valence-corrected chi connectivity index (χ0v) is 17.8. The van der Waals surface area contributed by atoms with E-state index < -0.39 is 51.5 Å². The zero-order chi connectivity index (χ0) is 22.5. The largest absolute Gasteiger partial charge is 0.336 e. The molecule has 0 atom stereocenters. The maximum Gasteiger partial charge on any atom is 0.252 e. The van der Waals surface area contributed by atoms with Crippen molar-refractivity contribution in [1.82, 2.24) is 9.21 Å². The van der Waals surface area contributed by atoms with Crippen LogP contribution in [0.25, 0.3) is 0 Å². The van der Waals surface area contributed by atoms with Gasteiger partial charge in [0.25, 0.3) is 10.0 Å². The van der Waals surface area contributed by atoms with E-state index in [-0.39, 0.29) is 23.6 Å². The van der Waals surface area contributed by atoms with Gasteiger partial charge in [0.1, 0.15) is 4.21 Å². The van der Waals surface area contributed by atoms with E-state index in [1.807, 2.05) is 0 Å². The standard InChI is InChI=1S/C18H20F3N3O4S2/c1-23(11-14(25)22-13-8-7-12(19)17(20)18(13)21)15(26)5-3-9-24(2)30(27,28)16-6-4-10-29-16/h4,6-8,10H,3,5,9,11H2,1-2H3,(H,22,25). The number of nitrogens with zero attached hydrogens (tertiary/aromatic N) is 2. The molecule has 164 valence electrons. The number of benzene rings is 1. The van der Waals surface area contributed by atoms with Gasteiger partial charge in [-0.3, -0.25) is 9.59 Å². The molecule has 0 radical (unpaired) electrons. The number of sulfonamides is 1. The van der Waals surface area contributed by atoms with Gasteiger partial charge in [-0.2, -0.15) is 0 Å². The summed E-state index contributed by atoms with van der Waals surface area (Å²) in [5, 5.41) is 3.72. The average molecular weight is 464 g/mol. The molecule has 0 aliphatic heterocycles. The smallest absolute Gasteiger partial charge is 0.252 e.